The number of hydrogen-bond donors (Lipinski definition) is 2. The summed E-state index contributed by atoms with van der Waals surface area (Å²) < 4.78 is 5.75. The lowest BCUT2D eigenvalue weighted by molar-refractivity contribution is -0.119. The fraction of sp³-hybridized carbons (Fsp3) is 0.0625. The molecule has 0 unspecified atom stereocenters. The average Bonchev–Trinajstić information content (AvgIpc) is 2.53. The first-order valence-electron chi connectivity index (χ1n) is 6.59. The van der Waals surface area contributed by atoms with Crippen molar-refractivity contribution in [3.63, 3.8) is 0 Å². The van der Waals surface area contributed by atoms with Crippen molar-refractivity contribution in [2.45, 2.75) is 0 Å². The summed E-state index contributed by atoms with van der Waals surface area (Å²) >= 11 is 3.26. The summed E-state index contributed by atoms with van der Waals surface area (Å²) in [7, 11) is 0. The third kappa shape index (κ3) is 4.65. The Hall–Kier alpha value is -2.67. The Morgan fingerprint density at radius 1 is 1.04 bits per heavy atom. The highest BCUT2D eigenvalue weighted by Crippen LogP contribution is 2.14. The lowest BCUT2D eigenvalue weighted by Crippen LogP contribution is -2.23. The van der Waals surface area contributed by atoms with Gasteiger partial charge in [-0.3, -0.25) is 9.59 Å². The molecule has 0 saturated heterocycles. The van der Waals surface area contributed by atoms with Crippen molar-refractivity contribution in [1.82, 2.24) is 0 Å². The molecule has 0 aliphatic heterocycles. The molecule has 0 fully saturated rings. The molecule has 0 saturated carbocycles. The normalized spacial score (nSPS) is 9.96. The summed E-state index contributed by atoms with van der Waals surface area (Å²) in [6.07, 6.45) is 0. The van der Waals surface area contributed by atoms with Crippen molar-refractivity contribution in [3.05, 3.63) is 64.1 Å². The number of nitrogens with two attached hydrogens (primary N) is 1. The van der Waals surface area contributed by atoms with E-state index >= 15 is 0 Å². The van der Waals surface area contributed by atoms with Crippen molar-refractivity contribution in [3.8, 4) is 0 Å². The van der Waals surface area contributed by atoms with E-state index in [9.17, 15) is 14.4 Å². The molecule has 0 aliphatic rings. The minimum Gasteiger partial charge on any atom is -0.452 e. The highest BCUT2D eigenvalue weighted by molar-refractivity contribution is 9.10. The van der Waals surface area contributed by atoms with E-state index in [2.05, 4.69) is 21.2 Å². The molecular weight excluding hydrogens is 364 g/mol. The topological polar surface area (TPSA) is 98.5 Å². The van der Waals surface area contributed by atoms with Crippen LogP contribution in [0.4, 0.5) is 5.69 Å². The number of carbonyl (C=O) groups excluding carboxylic acids is 3. The minimum absolute atomic E-state index is 0.181. The van der Waals surface area contributed by atoms with E-state index < -0.39 is 24.4 Å². The second kappa shape index (κ2) is 7.55. The molecule has 0 bridgehead atoms. The summed E-state index contributed by atoms with van der Waals surface area (Å²) in [6.45, 7) is -0.470. The van der Waals surface area contributed by atoms with E-state index in [0.717, 1.165) is 4.47 Å². The number of amides is 2. The Morgan fingerprint density at radius 3 is 2.35 bits per heavy atom. The molecule has 2 aromatic carbocycles. The van der Waals surface area contributed by atoms with Gasteiger partial charge in [-0.25, -0.2) is 4.79 Å². The van der Waals surface area contributed by atoms with Gasteiger partial charge in [0.15, 0.2) is 6.61 Å². The Kier molecular flexibility index (Phi) is 5.48. The summed E-state index contributed by atoms with van der Waals surface area (Å²) in [5.74, 6) is -1.84. The van der Waals surface area contributed by atoms with Crippen LogP contribution in [0.15, 0.2) is 53.0 Å². The van der Waals surface area contributed by atoms with Crippen LogP contribution in [0, 0.1) is 0 Å². The monoisotopic (exact) mass is 376 g/mol. The number of ether oxygens (including phenoxy) is 1. The SMILES string of the molecule is NC(=O)c1ccccc1NC(=O)COC(=O)c1ccc(Br)cc1. The molecule has 0 spiro atoms. The van der Waals surface area contributed by atoms with Crippen molar-refractivity contribution in [2.24, 2.45) is 5.73 Å². The number of halogens is 1. The van der Waals surface area contributed by atoms with Crippen LogP contribution in [0.1, 0.15) is 20.7 Å². The number of para-hydroxylation sites is 1. The van der Waals surface area contributed by atoms with Crippen LogP contribution < -0.4 is 11.1 Å². The fourth-order valence-electron chi connectivity index (χ4n) is 1.79. The van der Waals surface area contributed by atoms with E-state index in [1.54, 1.807) is 36.4 Å². The van der Waals surface area contributed by atoms with Crippen molar-refractivity contribution in [1.29, 1.82) is 0 Å². The average molecular weight is 377 g/mol. The summed E-state index contributed by atoms with van der Waals surface area (Å²) in [6, 6.07) is 12.8. The van der Waals surface area contributed by atoms with E-state index in [0.29, 0.717) is 5.56 Å². The standard InChI is InChI=1S/C16H13BrN2O4/c17-11-7-5-10(6-8-11)16(22)23-9-14(20)19-13-4-2-1-3-12(13)15(18)21/h1-8H,9H2,(H2,18,21)(H,19,20). The molecule has 118 valence electrons. The lowest BCUT2D eigenvalue weighted by Gasteiger charge is -2.09. The van der Waals surface area contributed by atoms with Gasteiger partial charge < -0.3 is 15.8 Å². The maximum Gasteiger partial charge on any atom is 0.338 e. The maximum absolute atomic E-state index is 11.8. The number of esters is 1. The molecule has 3 N–H and O–H groups in total. The number of anilines is 1. The second-order valence-electron chi connectivity index (χ2n) is 4.54. The Bertz CT molecular complexity index is 744. The molecular formula is C16H13BrN2O4. The Morgan fingerprint density at radius 2 is 1.70 bits per heavy atom. The van der Waals surface area contributed by atoms with Crippen LogP contribution >= 0.6 is 15.9 Å². The predicted octanol–water partition coefficient (Wildman–Crippen LogP) is 2.34. The Labute approximate surface area is 140 Å². The molecule has 0 atom stereocenters. The number of hydrogen-bond acceptors (Lipinski definition) is 4. The predicted molar refractivity (Wildman–Crippen MR) is 88.0 cm³/mol. The zero-order valence-electron chi connectivity index (χ0n) is 11.9. The summed E-state index contributed by atoms with van der Waals surface area (Å²) in [5.41, 5.74) is 6.00. The zero-order chi connectivity index (χ0) is 16.8. The zero-order valence-corrected chi connectivity index (χ0v) is 13.5. The highest BCUT2D eigenvalue weighted by Gasteiger charge is 2.13. The van der Waals surface area contributed by atoms with Gasteiger partial charge in [0, 0.05) is 4.47 Å². The van der Waals surface area contributed by atoms with Gasteiger partial charge in [0.05, 0.1) is 16.8 Å². The molecule has 23 heavy (non-hydrogen) atoms. The largest absolute Gasteiger partial charge is 0.452 e. The molecule has 0 aliphatic carbocycles. The molecule has 2 aromatic rings. The smallest absolute Gasteiger partial charge is 0.338 e. The van der Waals surface area contributed by atoms with Gasteiger partial charge in [-0.2, -0.15) is 0 Å². The summed E-state index contributed by atoms with van der Waals surface area (Å²) in [5, 5.41) is 2.48. The number of rotatable bonds is 5. The maximum atomic E-state index is 11.8. The number of carbonyl (C=O) groups is 3. The van der Waals surface area contributed by atoms with Gasteiger partial charge in [-0.1, -0.05) is 28.1 Å². The minimum atomic E-state index is -0.659. The van der Waals surface area contributed by atoms with Crippen molar-refractivity contribution in [2.75, 3.05) is 11.9 Å². The van der Waals surface area contributed by atoms with Crippen LogP contribution in [0.5, 0.6) is 0 Å². The van der Waals surface area contributed by atoms with Gasteiger partial charge in [-0.05, 0) is 36.4 Å². The third-order valence-corrected chi connectivity index (χ3v) is 3.41. The number of primary amides is 1. The van der Waals surface area contributed by atoms with Crippen LogP contribution in [-0.4, -0.2) is 24.4 Å². The molecule has 2 amide bonds. The second-order valence-corrected chi connectivity index (χ2v) is 5.46. The molecule has 0 radical (unpaired) electrons. The first kappa shape index (κ1) is 16.7. The van der Waals surface area contributed by atoms with Gasteiger partial charge >= 0.3 is 5.97 Å². The van der Waals surface area contributed by atoms with Gasteiger partial charge in [0.2, 0.25) is 0 Å². The molecule has 7 heteroatoms. The number of nitrogens with one attached hydrogen (secondary N) is 1. The number of benzene rings is 2. The van der Waals surface area contributed by atoms with Gasteiger partial charge in [-0.15, -0.1) is 0 Å². The van der Waals surface area contributed by atoms with Crippen LogP contribution in [-0.2, 0) is 9.53 Å². The molecule has 6 nitrogen and oxygen atoms in total. The lowest BCUT2D eigenvalue weighted by atomic mass is 10.1. The van der Waals surface area contributed by atoms with E-state index in [1.165, 1.54) is 12.1 Å². The van der Waals surface area contributed by atoms with Gasteiger partial charge in [0.1, 0.15) is 0 Å². The van der Waals surface area contributed by atoms with E-state index in [1.807, 2.05) is 0 Å². The van der Waals surface area contributed by atoms with Crippen LogP contribution in [0.25, 0.3) is 0 Å². The molecule has 0 heterocycles. The van der Waals surface area contributed by atoms with Crippen molar-refractivity contribution >= 4 is 39.4 Å². The molecule has 0 aromatic heterocycles. The van der Waals surface area contributed by atoms with E-state index in [4.69, 9.17) is 10.5 Å². The quantitative estimate of drug-likeness (QED) is 0.782. The van der Waals surface area contributed by atoms with E-state index in [-0.39, 0.29) is 11.3 Å². The molecule has 2 rings (SSSR count). The van der Waals surface area contributed by atoms with Crippen LogP contribution in [0.2, 0.25) is 0 Å². The first-order chi connectivity index (χ1) is 11.0. The Balaban J connectivity index is 1.94. The third-order valence-electron chi connectivity index (χ3n) is 2.88. The first-order valence-corrected chi connectivity index (χ1v) is 7.38. The van der Waals surface area contributed by atoms with Gasteiger partial charge in [0.25, 0.3) is 11.8 Å². The van der Waals surface area contributed by atoms with Crippen molar-refractivity contribution < 1.29 is 19.1 Å². The summed E-state index contributed by atoms with van der Waals surface area (Å²) in [4.78, 5) is 34.9. The van der Waals surface area contributed by atoms with Crippen LogP contribution in [0.3, 0.4) is 0 Å². The fourth-order valence-corrected chi connectivity index (χ4v) is 2.06. The highest BCUT2D eigenvalue weighted by atomic mass is 79.9.